The van der Waals surface area contributed by atoms with Gasteiger partial charge in [-0.3, -0.25) is 4.79 Å². The van der Waals surface area contributed by atoms with Crippen LogP contribution in [0.3, 0.4) is 0 Å². The van der Waals surface area contributed by atoms with Crippen molar-refractivity contribution in [3.05, 3.63) is 75.3 Å². The standard InChI is InChI=1S/C21H23FN2O2S/c1-4-9-24-20-8-7-17(12-18(20)15(3)10-21(24)25)23-27(26)13-16-6-5-14(2)19(22)11-16/h5-8,10-12,23H,4,9,13H2,1-3H3. The molecule has 0 bridgehead atoms. The number of hydrogen-bond donors (Lipinski definition) is 1. The summed E-state index contributed by atoms with van der Waals surface area (Å²) >= 11 is -1.38. The Bertz CT molecular complexity index is 1030. The topological polar surface area (TPSA) is 57.1 Å². The van der Waals surface area contributed by atoms with Crippen LogP contribution in [0.25, 0.3) is 10.9 Å². The average molecular weight is 386 g/mol. The summed E-state index contributed by atoms with van der Waals surface area (Å²) in [6.07, 6.45) is 0.870. The first-order valence-corrected chi connectivity index (χ1v) is 10.2. The van der Waals surface area contributed by atoms with E-state index < -0.39 is 11.4 Å². The van der Waals surface area contributed by atoms with E-state index in [1.165, 1.54) is 6.07 Å². The summed E-state index contributed by atoms with van der Waals surface area (Å²) in [4.78, 5) is 12.2. The Morgan fingerprint density at radius 1 is 1.11 bits per heavy atom. The van der Waals surface area contributed by atoms with Crippen LogP contribution in [0.5, 0.6) is 0 Å². The van der Waals surface area contributed by atoms with Crippen molar-refractivity contribution in [2.75, 3.05) is 4.72 Å². The number of fused-ring (bicyclic) bond motifs is 1. The van der Waals surface area contributed by atoms with Crippen LogP contribution >= 0.6 is 0 Å². The van der Waals surface area contributed by atoms with Crippen molar-refractivity contribution < 1.29 is 8.94 Å². The second-order valence-electron chi connectivity index (χ2n) is 6.72. The predicted molar refractivity (Wildman–Crippen MR) is 110 cm³/mol. The van der Waals surface area contributed by atoms with Gasteiger partial charge >= 0.3 is 0 Å². The fraction of sp³-hybridized carbons (Fsp3) is 0.286. The third-order valence-corrected chi connectivity index (χ3v) is 5.59. The lowest BCUT2D eigenvalue weighted by Crippen LogP contribution is -2.20. The number of hydrogen-bond acceptors (Lipinski definition) is 3. The van der Waals surface area contributed by atoms with Gasteiger partial charge < -0.3 is 9.12 Å². The van der Waals surface area contributed by atoms with Crippen molar-refractivity contribution in [3.8, 4) is 0 Å². The Morgan fingerprint density at radius 2 is 1.89 bits per heavy atom. The first-order chi connectivity index (χ1) is 12.9. The first-order valence-electron chi connectivity index (χ1n) is 8.93. The molecule has 0 spiro atoms. The quantitative estimate of drug-likeness (QED) is 0.637. The summed E-state index contributed by atoms with van der Waals surface area (Å²) in [7, 11) is 0. The summed E-state index contributed by atoms with van der Waals surface area (Å²) in [5.74, 6) is -0.0801. The molecule has 1 aromatic heterocycles. The number of benzene rings is 2. The van der Waals surface area contributed by atoms with Crippen LogP contribution in [-0.2, 0) is 23.7 Å². The van der Waals surface area contributed by atoms with Crippen LogP contribution in [-0.4, -0.2) is 9.12 Å². The van der Waals surface area contributed by atoms with E-state index in [2.05, 4.69) is 4.72 Å². The van der Waals surface area contributed by atoms with E-state index in [0.717, 1.165) is 22.9 Å². The molecule has 0 saturated carbocycles. The monoisotopic (exact) mass is 386 g/mol. The van der Waals surface area contributed by atoms with E-state index in [1.807, 2.05) is 32.0 Å². The molecule has 0 saturated heterocycles. The number of pyridine rings is 1. The lowest BCUT2D eigenvalue weighted by atomic mass is 10.1. The lowest BCUT2D eigenvalue weighted by molar-refractivity contribution is 0.598. The molecular weight excluding hydrogens is 363 g/mol. The minimum absolute atomic E-state index is 0.00691. The van der Waals surface area contributed by atoms with E-state index in [0.29, 0.717) is 23.4 Å². The number of anilines is 1. The highest BCUT2D eigenvalue weighted by Crippen LogP contribution is 2.23. The summed E-state index contributed by atoms with van der Waals surface area (Å²) in [6, 6.07) is 12.1. The van der Waals surface area contributed by atoms with Crippen molar-refractivity contribution in [1.82, 2.24) is 4.57 Å². The number of nitrogens with one attached hydrogen (secondary N) is 1. The van der Waals surface area contributed by atoms with Crippen molar-refractivity contribution >= 4 is 28.0 Å². The highest BCUT2D eigenvalue weighted by molar-refractivity contribution is 7.91. The van der Waals surface area contributed by atoms with E-state index >= 15 is 0 Å². The maximum absolute atomic E-state index is 13.7. The Kier molecular flexibility index (Phi) is 5.87. The van der Waals surface area contributed by atoms with Crippen LogP contribution in [0.4, 0.5) is 10.1 Å². The summed E-state index contributed by atoms with van der Waals surface area (Å²) in [5, 5.41) is 0.950. The molecule has 1 atom stereocenters. The summed E-state index contributed by atoms with van der Waals surface area (Å²) in [5.41, 5.74) is 3.71. The normalized spacial score (nSPS) is 12.3. The number of rotatable bonds is 6. The summed E-state index contributed by atoms with van der Waals surface area (Å²) < 4.78 is 30.8. The van der Waals surface area contributed by atoms with Crippen molar-refractivity contribution in [3.63, 3.8) is 0 Å². The fourth-order valence-corrected chi connectivity index (χ4v) is 4.05. The van der Waals surface area contributed by atoms with Gasteiger partial charge in [0.1, 0.15) is 5.82 Å². The number of nitrogens with zero attached hydrogens (tertiary/aromatic N) is 1. The minimum atomic E-state index is -1.38. The molecule has 3 aromatic rings. The van der Waals surface area contributed by atoms with E-state index in [4.69, 9.17) is 0 Å². The predicted octanol–water partition coefficient (Wildman–Crippen LogP) is 4.44. The molecule has 27 heavy (non-hydrogen) atoms. The molecular formula is C21H23FN2O2S. The molecule has 0 radical (unpaired) electrons. The molecule has 3 rings (SSSR count). The molecule has 1 unspecified atom stereocenters. The first kappa shape index (κ1) is 19.5. The molecule has 1 N–H and O–H groups in total. The van der Waals surface area contributed by atoms with Gasteiger partial charge in [-0.15, -0.1) is 0 Å². The lowest BCUT2D eigenvalue weighted by Gasteiger charge is -2.15. The molecule has 0 aliphatic carbocycles. The zero-order chi connectivity index (χ0) is 19.6. The van der Waals surface area contributed by atoms with Crippen molar-refractivity contribution in [1.29, 1.82) is 0 Å². The van der Waals surface area contributed by atoms with Gasteiger partial charge in [-0.1, -0.05) is 19.1 Å². The molecule has 142 valence electrons. The van der Waals surface area contributed by atoms with Crippen LogP contribution in [0, 0.1) is 19.7 Å². The van der Waals surface area contributed by atoms with Gasteiger partial charge in [0, 0.05) is 23.6 Å². The van der Waals surface area contributed by atoms with Crippen LogP contribution < -0.4 is 10.3 Å². The van der Waals surface area contributed by atoms with Crippen molar-refractivity contribution in [2.24, 2.45) is 0 Å². The van der Waals surface area contributed by atoms with Crippen LogP contribution in [0.1, 0.15) is 30.0 Å². The second-order valence-corrected chi connectivity index (χ2v) is 7.91. The average Bonchev–Trinajstić information content (AvgIpc) is 2.62. The SMILES string of the molecule is CCCn1c(=O)cc(C)c2cc(N[S+]([O-])Cc3ccc(C)c(F)c3)ccc21. The van der Waals surface area contributed by atoms with E-state index in [1.54, 1.807) is 29.7 Å². The van der Waals surface area contributed by atoms with Gasteiger partial charge in [-0.2, -0.15) is 0 Å². The Hall–Kier alpha value is -2.31. The Balaban J connectivity index is 1.84. The molecule has 2 aromatic carbocycles. The van der Waals surface area contributed by atoms with Gasteiger partial charge in [-0.05, 0) is 55.7 Å². The van der Waals surface area contributed by atoms with Gasteiger partial charge in [-0.25, -0.2) is 9.11 Å². The van der Waals surface area contributed by atoms with Crippen LogP contribution in [0.2, 0.25) is 0 Å². The van der Waals surface area contributed by atoms with Gasteiger partial charge in [0.15, 0.2) is 5.75 Å². The van der Waals surface area contributed by atoms with E-state index in [-0.39, 0.29) is 17.1 Å². The molecule has 0 aliphatic heterocycles. The molecule has 6 heteroatoms. The molecule has 1 heterocycles. The van der Waals surface area contributed by atoms with Gasteiger partial charge in [0.25, 0.3) is 5.56 Å². The van der Waals surface area contributed by atoms with E-state index in [9.17, 15) is 13.7 Å². The minimum Gasteiger partial charge on any atom is -0.593 e. The largest absolute Gasteiger partial charge is 0.593 e. The number of halogens is 1. The highest BCUT2D eigenvalue weighted by Gasteiger charge is 2.12. The third kappa shape index (κ3) is 4.34. The fourth-order valence-electron chi connectivity index (χ4n) is 3.11. The number of aryl methyl sites for hydroxylation is 3. The maximum Gasteiger partial charge on any atom is 0.251 e. The molecule has 0 fully saturated rings. The zero-order valence-corrected chi connectivity index (χ0v) is 16.5. The Morgan fingerprint density at radius 3 is 2.59 bits per heavy atom. The van der Waals surface area contributed by atoms with Crippen LogP contribution in [0.15, 0.2) is 47.3 Å². The third-order valence-electron chi connectivity index (χ3n) is 4.53. The Labute approximate surface area is 161 Å². The highest BCUT2D eigenvalue weighted by atomic mass is 32.2. The smallest absolute Gasteiger partial charge is 0.251 e. The van der Waals surface area contributed by atoms with Crippen molar-refractivity contribution in [2.45, 2.75) is 39.5 Å². The molecule has 4 nitrogen and oxygen atoms in total. The molecule has 0 amide bonds. The zero-order valence-electron chi connectivity index (χ0n) is 15.7. The summed E-state index contributed by atoms with van der Waals surface area (Å²) in [6.45, 7) is 6.29. The maximum atomic E-state index is 13.7. The van der Waals surface area contributed by atoms with Gasteiger partial charge in [0.05, 0.1) is 22.6 Å². The second kappa shape index (κ2) is 8.15. The van der Waals surface area contributed by atoms with Gasteiger partial charge in [0.2, 0.25) is 0 Å². The molecule has 0 aliphatic rings. The number of aromatic nitrogens is 1.